The smallest absolute Gasteiger partial charge is 0.129 e. The van der Waals surface area contributed by atoms with Gasteiger partial charge in [-0.3, -0.25) is 4.98 Å². The lowest BCUT2D eigenvalue weighted by Gasteiger charge is -2.04. The average molecular weight is 200 g/mol. The zero-order valence-corrected chi connectivity index (χ0v) is 8.51. The van der Waals surface area contributed by atoms with Gasteiger partial charge in [-0.15, -0.1) is 0 Å². The Balaban J connectivity index is 1.99. The minimum absolute atomic E-state index is 0.726. The highest BCUT2D eigenvalue weighted by atomic mass is 15.0. The number of nitrogens with zero attached hydrogens (tertiary/aromatic N) is 3. The van der Waals surface area contributed by atoms with Gasteiger partial charge >= 0.3 is 0 Å². The molecule has 2 aromatic heterocycles. The first kappa shape index (κ1) is 9.58. The summed E-state index contributed by atoms with van der Waals surface area (Å²) >= 11 is 0. The van der Waals surface area contributed by atoms with Gasteiger partial charge in [-0.25, -0.2) is 9.97 Å². The average Bonchev–Trinajstić information content (AvgIpc) is 2.28. The fourth-order valence-corrected chi connectivity index (χ4v) is 1.25. The predicted molar refractivity (Wildman–Crippen MR) is 58.3 cm³/mol. The lowest BCUT2D eigenvalue weighted by atomic mass is 10.3. The Hall–Kier alpha value is -1.97. The van der Waals surface area contributed by atoms with Crippen LogP contribution in [-0.4, -0.2) is 15.0 Å². The minimum atomic E-state index is 0.726. The molecule has 0 spiro atoms. The first-order chi connectivity index (χ1) is 7.34. The van der Waals surface area contributed by atoms with E-state index >= 15 is 0 Å². The normalized spacial score (nSPS) is 9.93. The zero-order chi connectivity index (χ0) is 10.5. The van der Waals surface area contributed by atoms with E-state index in [0.717, 1.165) is 23.6 Å². The third-order valence-corrected chi connectivity index (χ3v) is 2.00. The number of aryl methyl sites for hydroxylation is 1. The Morgan fingerprint density at radius 3 is 3.00 bits per heavy atom. The molecule has 2 heterocycles. The number of hydrogen-bond donors (Lipinski definition) is 1. The van der Waals surface area contributed by atoms with Gasteiger partial charge in [0, 0.05) is 30.7 Å². The Morgan fingerprint density at radius 2 is 2.27 bits per heavy atom. The standard InChI is InChI=1S/C11H12N4/c1-9-5-11(15-8-14-9)13-7-10-3-2-4-12-6-10/h2-6,8H,7H2,1H3,(H,13,14,15). The van der Waals surface area contributed by atoms with E-state index in [9.17, 15) is 0 Å². The molecule has 0 aliphatic rings. The van der Waals surface area contributed by atoms with Crippen LogP contribution in [0, 0.1) is 6.92 Å². The molecular weight excluding hydrogens is 188 g/mol. The fraction of sp³-hybridized carbons (Fsp3) is 0.182. The van der Waals surface area contributed by atoms with Crippen LogP contribution >= 0.6 is 0 Å². The van der Waals surface area contributed by atoms with E-state index in [-0.39, 0.29) is 0 Å². The molecule has 0 atom stereocenters. The van der Waals surface area contributed by atoms with Gasteiger partial charge in [0.25, 0.3) is 0 Å². The summed E-state index contributed by atoms with van der Waals surface area (Å²) in [5.41, 5.74) is 2.09. The quantitative estimate of drug-likeness (QED) is 0.820. The molecule has 15 heavy (non-hydrogen) atoms. The molecule has 0 aliphatic carbocycles. The first-order valence-corrected chi connectivity index (χ1v) is 4.76. The number of aromatic nitrogens is 3. The second-order valence-corrected chi connectivity index (χ2v) is 3.26. The van der Waals surface area contributed by atoms with Crippen molar-refractivity contribution in [2.24, 2.45) is 0 Å². The third kappa shape index (κ3) is 2.74. The summed E-state index contributed by atoms with van der Waals surface area (Å²) in [6.07, 6.45) is 5.15. The molecule has 0 amide bonds. The summed E-state index contributed by atoms with van der Waals surface area (Å²) in [5, 5.41) is 3.21. The maximum absolute atomic E-state index is 4.11. The Bertz CT molecular complexity index is 428. The van der Waals surface area contributed by atoms with E-state index in [1.807, 2.05) is 31.3 Å². The maximum atomic E-state index is 4.11. The third-order valence-electron chi connectivity index (χ3n) is 2.00. The SMILES string of the molecule is Cc1cc(NCc2cccnc2)ncn1. The van der Waals surface area contributed by atoms with E-state index in [1.54, 1.807) is 12.5 Å². The highest BCUT2D eigenvalue weighted by molar-refractivity contribution is 5.35. The lowest BCUT2D eigenvalue weighted by Crippen LogP contribution is -2.02. The predicted octanol–water partition coefficient (Wildman–Crippen LogP) is 1.79. The molecule has 0 unspecified atom stereocenters. The second kappa shape index (κ2) is 4.50. The summed E-state index contributed by atoms with van der Waals surface area (Å²) in [6, 6.07) is 5.85. The van der Waals surface area contributed by atoms with Gasteiger partial charge in [-0.2, -0.15) is 0 Å². The van der Waals surface area contributed by atoms with Gasteiger partial charge in [0.1, 0.15) is 12.1 Å². The summed E-state index contributed by atoms with van der Waals surface area (Å²) < 4.78 is 0. The van der Waals surface area contributed by atoms with Crippen molar-refractivity contribution in [1.82, 2.24) is 15.0 Å². The number of anilines is 1. The van der Waals surface area contributed by atoms with Crippen molar-refractivity contribution in [3.05, 3.63) is 48.2 Å². The molecule has 0 bridgehead atoms. The van der Waals surface area contributed by atoms with E-state index < -0.39 is 0 Å². The van der Waals surface area contributed by atoms with Crippen LogP contribution < -0.4 is 5.32 Å². The molecule has 0 saturated carbocycles. The van der Waals surface area contributed by atoms with Crippen LogP contribution in [0.1, 0.15) is 11.3 Å². The Morgan fingerprint density at radius 1 is 1.33 bits per heavy atom. The number of rotatable bonds is 3. The molecule has 0 saturated heterocycles. The molecule has 0 aromatic carbocycles. The van der Waals surface area contributed by atoms with Crippen molar-refractivity contribution in [3.8, 4) is 0 Å². The van der Waals surface area contributed by atoms with Crippen LogP contribution in [0.4, 0.5) is 5.82 Å². The van der Waals surface area contributed by atoms with E-state index in [0.29, 0.717) is 0 Å². The molecule has 1 N–H and O–H groups in total. The van der Waals surface area contributed by atoms with Crippen molar-refractivity contribution in [2.45, 2.75) is 13.5 Å². The Kier molecular flexibility index (Phi) is 2.88. The van der Waals surface area contributed by atoms with Crippen molar-refractivity contribution in [2.75, 3.05) is 5.32 Å². The van der Waals surface area contributed by atoms with Crippen LogP contribution in [0.15, 0.2) is 36.9 Å². The Labute approximate surface area is 88.4 Å². The van der Waals surface area contributed by atoms with Crippen LogP contribution in [0.25, 0.3) is 0 Å². The van der Waals surface area contributed by atoms with Crippen molar-refractivity contribution >= 4 is 5.82 Å². The highest BCUT2D eigenvalue weighted by Gasteiger charge is 1.95. The molecule has 2 rings (SSSR count). The van der Waals surface area contributed by atoms with Gasteiger partial charge in [0.15, 0.2) is 0 Å². The molecule has 4 nitrogen and oxygen atoms in total. The lowest BCUT2D eigenvalue weighted by molar-refractivity contribution is 1.04. The molecule has 4 heteroatoms. The van der Waals surface area contributed by atoms with Crippen molar-refractivity contribution in [1.29, 1.82) is 0 Å². The largest absolute Gasteiger partial charge is 0.366 e. The summed E-state index contributed by atoms with van der Waals surface area (Å²) in [5.74, 6) is 0.839. The van der Waals surface area contributed by atoms with Crippen LogP contribution in [-0.2, 0) is 6.54 Å². The molecule has 0 fully saturated rings. The first-order valence-electron chi connectivity index (χ1n) is 4.76. The topological polar surface area (TPSA) is 50.7 Å². The number of nitrogens with one attached hydrogen (secondary N) is 1. The van der Waals surface area contributed by atoms with Gasteiger partial charge in [-0.1, -0.05) is 6.07 Å². The molecular formula is C11H12N4. The van der Waals surface area contributed by atoms with E-state index in [4.69, 9.17) is 0 Å². The van der Waals surface area contributed by atoms with Crippen LogP contribution in [0.3, 0.4) is 0 Å². The van der Waals surface area contributed by atoms with Crippen molar-refractivity contribution < 1.29 is 0 Å². The molecule has 0 aliphatic heterocycles. The summed E-state index contributed by atoms with van der Waals surface area (Å²) in [4.78, 5) is 12.2. The van der Waals surface area contributed by atoms with Gasteiger partial charge < -0.3 is 5.32 Å². The van der Waals surface area contributed by atoms with Crippen molar-refractivity contribution in [3.63, 3.8) is 0 Å². The summed E-state index contributed by atoms with van der Waals surface area (Å²) in [7, 11) is 0. The number of pyridine rings is 1. The monoisotopic (exact) mass is 200 g/mol. The highest BCUT2D eigenvalue weighted by Crippen LogP contribution is 2.05. The van der Waals surface area contributed by atoms with E-state index in [2.05, 4.69) is 20.3 Å². The van der Waals surface area contributed by atoms with Gasteiger partial charge in [0.05, 0.1) is 0 Å². The van der Waals surface area contributed by atoms with Crippen LogP contribution in [0.2, 0.25) is 0 Å². The maximum Gasteiger partial charge on any atom is 0.129 e. The fourth-order valence-electron chi connectivity index (χ4n) is 1.25. The minimum Gasteiger partial charge on any atom is -0.366 e. The molecule has 76 valence electrons. The molecule has 2 aromatic rings. The number of hydrogen-bond acceptors (Lipinski definition) is 4. The van der Waals surface area contributed by atoms with E-state index in [1.165, 1.54) is 0 Å². The van der Waals surface area contributed by atoms with Crippen LogP contribution in [0.5, 0.6) is 0 Å². The second-order valence-electron chi connectivity index (χ2n) is 3.26. The molecule has 0 radical (unpaired) electrons. The van der Waals surface area contributed by atoms with Gasteiger partial charge in [0.2, 0.25) is 0 Å². The summed E-state index contributed by atoms with van der Waals surface area (Å²) in [6.45, 7) is 2.67. The van der Waals surface area contributed by atoms with Gasteiger partial charge in [-0.05, 0) is 18.6 Å². The zero-order valence-electron chi connectivity index (χ0n) is 8.51.